The van der Waals surface area contributed by atoms with E-state index in [-0.39, 0.29) is 22.5 Å². The lowest BCUT2D eigenvalue weighted by Gasteiger charge is -2.22. The van der Waals surface area contributed by atoms with Crippen LogP contribution >= 0.6 is 11.6 Å². The van der Waals surface area contributed by atoms with Crippen molar-refractivity contribution in [1.82, 2.24) is 5.32 Å². The number of amides is 1. The summed E-state index contributed by atoms with van der Waals surface area (Å²) >= 11 is 5.60. The van der Waals surface area contributed by atoms with Gasteiger partial charge in [0.05, 0.1) is 5.56 Å². The van der Waals surface area contributed by atoms with E-state index in [1.54, 1.807) is 0 Å². The van der Waals surface area contributed by atoms with Crippen molar-refractivity contribution in [3.63, 3.8) is 0 Å². The van der Waals surface area contributed by atoms with E-state index in [1.807, 2.05) is 0 Å². The molecule has 0 atom stereocenters. The molecule has 0 bridgehead atoms. The second kappa shape index (κ2) is 7.41. The smallest absolute Gasteiger partial charge is 0.341 e. The van der Waals surface area contributed by atoms with E-state index in [0.717, 1.165) is 31.7 Å². The van der Waals surface area contributed by atoms with Gasteiger partial charge >= 0.3 is 5.97 Å². The maximum absolute atomic E-state index is 13.5. The molecule has 21 heavy (non-hydrogen) atoms. The summed E-state index contributed by atoms with van der Waals surface area (Å²) in [6.45, 7) is -0.405. The molecule has 0 spiro atoms. The van der Waals surface area contributed by atoms with Gasteiger partial charge in [-0.15, -0.1) is 0 Å². The molecule has 1 fully saturated rings. The molecule has 1 aromatic carbocycles. The highest BCUT2D eigenvalue weighted by Gasteiger charge is 2.18. The normalized spacial score (nSPS) is 15.5. The molecular formula is C15H17ClFNO3. The van der Waals surface area contributed by atoms with Gasteiger partial charge in [0.2, 0.25) is 0 Å². The standard InChI is InChI=1S/C15H17ClFNO3/c16-10-6-7-12(13(17)8-10)15(20)21-9-14(19)18-11-4-2-1-3-5-11/h6-8,11H,1-5,9H2,(H,18,19). The molecule has 1 N–H and O–H groups in total. The Kier molecular flexibility index (Phi) is 5.56. The van der Waals surface area contributed by atoms with Gasteiger partial charge < -0.3 is 10.1 Å². The van der Waals surface area contributed by atoms with E-state index in [2.05, 4.69) is 5.32 Å². The number of ether oxygens (including phenoxy) is 1. The van der Waals surface area contributed by atoms with E-state index >= 15 is 0 Å². The lowest BCUT2D eigenvalue weighted by molar-refractivity contribution is -0.125. The molecule has 0 saturated heterocycles. The Labute approximate surface area is 127 Å². The topological polar surface area (TPSA) is 55.4 Å². The van der Waals surface area contributed by atoms with E-state index in [4.69, 9.17) is 16.3 Å². The van der Waals surface area contributed by atoms with Gasteiger partial charge in [-0.3, -0.25) is 4.79 Å². The van der Waals surface area contributed by atoms with E-state index in [0.29, 0.717) is 0 Å². The third-order valence-electron chi connectivity index (χ3n) is 3.46. The first kappa shape index (κ1) is 15.8. The minimum absolute atomic E-state index is 0.150. The quantitative estimate of drug-likeness (QED) is 0.869. The molecule has 0 unspecified atom stereocenters. The van der Waals surface area contributed by atoms with Crippen molar-refractivity contribution < 1.29 is 18.7 Å². The van der Waals surface area contributed by atoms with Crippen molar-refractivity contribution in [3.8, 4) is 0 Å². The van der Waals surface area contributed by atoms with Crippen LogP contribution < -0.4 is 5.32 Å². The first-order valence-electron chi connectivity index (χ1n) is 6.98. The van der Waals surface area contributed by atoms with Crippen LogP contribution in [0, 0.1) is 5.82 Å². The number of benzene rings is 1. The summed E-state index contributed by atoms with van der Waals surface area (Å²) in [7, 11) is 0. The number of hydrogen-bond acceptors (Lipinski definition) is 3. The molecule has 114 valence electrons. The van der Waals surface area contributed by atoms with Crippen LogP contribution in [0.15, 0.2) is 18.2 Å². The van der Waals surface area contributed by atoms with Gasteiger partial charge in [-0.2, -0.15) is 0 Å². The summed E-state index contributed by atoms with van der Waals surface area (Å²) in [6, 6.07) is 3.81. The lowest BCUT2D eigenvalue weighted by atomic mass is 9.95. The number of hydrogen-bond donors (Lipinski definition) is 1. The van der Waals surface area contributed by atoms with Gasteiger partial charge in [0, 0.05) is 11.1 Å². The van der Waals surface area contributed by atoms with Crippen LogP contribution in [0.1, 0.15) is 42.5 Å². The van der Waals surface area contributed by atoms with Gasteiger partial charge in [0.25, 0.3) is 5.91 Å². The summed E-state index contributed by atoms with van der Waals surface area (Å²) in [5, 5.41) is 3.01. The van der Waals surface area contributed by atoms with Crippen LogP contribution in [-0.2, 0) is 9.53 Å². The van der Waals surface area contributed by atoms with Crippen LogP contribution in [0.4, 0.5) is 4.39 Å². The molecule has 1 saturated carbocycles. The third kappa shape index (κ3) is 4.70. The van der Waals surface area contributed by atoms with Gasteiger partial charge in [0.1, 0.15) is 5.82 Å². The number of nitrogens with one attached hydrogen (secondary N) is 1. The summed E-state index contributed by atoms with van der Waals surface area (Å²) in [5.74, 6) is -1.99. The average molecular weight is 314 g/mol. The van der Waals surface area contributed by atoms with Crippen molar-refractivity contribution in [2.45, 2.75) is 38.1 Å². The second-order valence-electron chi connectivity index (χ2n) is 5.10. The zero-order valence-corrected chi connectivity index (χ0v) is 12.3. The molecule has 0 aromatic heterocycles. The molecule has 2 rings (SSSR count). The fourth-order valence-corrected chi connectivity index (χ4v) is 2.54. The van der Waals surface area contributed by atoms with Gasteiger partial charge in [-0.05, 0) is 31.0 Å². The highest BCUT2D eigenvalue weighted by atomic mass is 35.5. The van der Waals surface area contributed by atoms with Crippen LogP contribution in [0.2, 0.25) is 5.02 Å². The van der Waals surface area contributed by atoms with Crippen LogP contribution in [-0.4, -0.2) is 24.5 Å². The van der Waals surface area contributed by atoms with E-state index in [1.165, 1.54) is 18.6 Å². The van der Waals surface area contributed by atoms with Crippen LogP contribution in [0.3, 0.4) is 0 Å². The minimum Gasteiger partial charge on any atom is -0.452 e. The predicted octanol–water partition coefficient (Wildman–Crippen LogP) is 3.08. The summed E-state index contributed by atoms with van der Waals surface area (Å²) in [4.78, 5) is 23.4. The first-order valence-corrected chi connectivity index (χ1v) is 7.35. The van der Waals surface area contributed by atoms with Gasteiger partial charge in [-0.25, -0.2) is 9.18 Å². The van der Waals surface area contributed by atoms with Gasteiger partial charge in [0.15, 0.2) is 6.61 Å². The molecule has 1 aliphatic carbocycles. The largest absolute Gasteiger partial charge is 0.452 e. The fourth-order valence-electron chi connectivity index (χ4n) is 2.38. The Morgan fingerprint density at radius 2 is 2.00 bits per heavy atom. The molecular weight excluding hydrogens is 297 g/mol. The molecule has 4 nitrogen and oxygen atoms in total. The molecule has 6 heteroatoms. The van der Waals surface area contributed by atoms with Crippen molar-refractivity contribution in [3.05, 3.63) is 34.6 Å². The third-order valence-corrected chi connectivity index (χ3v) is 3.69. The summed E-state index contributed by atoms with van der Waals surface area (Å²) in [5.41, 5.74) is -0.232. The van der Waals surface area contributed by atoms with Gasteiger partial charge in [-0.1, -0.05) is 30.9 Å². The van der Waals surface area contributed by atoms with Crippen molar-refractivity contribution in [2.75, 3.05) is 6.61 Å². The fraction of sp³-hybridized carbons (Fsp3) is 0.467. The van der Waals surface area contributed by atoms with Crippen molar-refractivity contribution in [2.24, 2.45) is 0 Å². The first-order chi connectivity index (χ1) is 10.1. The number of carbonyl (C=O) groups is 2. The zero-order chi connectivity index (χ0) is 15.2. The zero-order valence-electron chi connectivity index (χ0n) is 11.5. The number of halogens is 2. The van der Waals surface area contributed by atoms with E-state index in [9.17, 15) is 14.0 Å². The Hall–Kier alpha value is -1.62. The Morgan fingerprint density at radius 1 is 1.29 bits per heavy atom. The molecule has 1 aliphatic rings. The molecule has 1 aromatic rings. The molecule has 0 heterocycles. The second-order valence-corrected chi connectivity index (χ2v) is 5.54. The maximum atomic E-state index is 13.5. The number of carbonyl (C=O) groups excluding carboxylic acids is 2. The Balaban J connectivity index is 1.81. The summed E-state index contributed by atoms with van der Waals surface area (Å²) in [6.07, 6.45) is 5.29. The SMILES string of the molecule is O=C(COC(=O)c1ccc(Cl)cc1F)NC1CCCCC1. The lowest BCUT2D eigenvalue weighted by Crippen LogP contribution is -2.38. The van der Waals surface area contributed by atoms with Crippen LogP contribution in [0.25, 0.3) is 0 Å². The van der Waals surface area contributed by atoms with E-state index < -0.39 is 18.4 Å². The monoisotopic (exact) mass is 313 g/mol. The summed E-state index contributed by atoms with van der Waals surface area (Å²) < 4.78 is 18.3. The van der Waals surface area contributed by atoms with Crippen molar-refractivity contribution in [1.29, 1.82) is 0 Å². The highest BCUT2D eigenvalue weighted by molar-refractivity contribution is 6.30. The molecule has 0 aliphatic heterocycles. The average Bonchev–Trinajstić information content (AvgIpc) is 2.46. The highest BCUT2D eigenvalue weighted by Crippen LogP contribution is 2.17. The Morgan fingerprint density at radius 3 is 2.67 bits per heavy atom. The number of esters is 1. The number of rotatable bonds is 4. The Bertz CT molecular complexity index is 530. The van der Waals surface area contributed by atoms with Crippen molar-refractivity contribution >= 4 is 23.5 Å². The van der Waals surface area contributed by atoms with Crippen LogP contribution in [0.5, 0.6) is 0 Å². The minimum atomic E-state index is -0.872. The molecule has 0 radical (unpaired) electrons. The maximum Gasteiger partial charge on any atom is 0.341 e. The molecule has 1 amide bonds. The predicted molar refractivity (Wildman–Crippen MR) is 76.7 cm³/mol.